The van der Waals surface area contributed by atoms with Crippen molar-refractivity contribution in [3.05, 3.63) is 59.4 Å². The van der Waals surface area contributed by atoms with Gasteiger partial charge in [-0.3, -0.25) is 24.4 Å². The molecule has 2 amide bonds. The number of thioether (sulfide) groups is 1. The molecule has 2 aliphatic heterocycles. The summed E-state index contributed by atoms with van der Waals surface area (Å²) in [6, 6.07) is 15.2. The van der Waals surface area contributed by atoms with Crippen LogP contribution in [0.3, 0.4) is 0 Å². The van der Waals surface area contributed by atoms with Crippen molar-refractivity contribution >= 4 is 35.1 Å². The summed E-state index contributed by atoms with van der Waals surface area (Å²) in [6.45, 7) is 9.71. The number of pyridine rings is 1. The standard InChI is InChI=1S/C31H38N10O2S/c1-22(42)34-24-8-6-23(7-9-24)29-27(18-32)30(33)37-31(36-29)44-21-26-5-3-4-25(35-26)19-39-14-16-41(17-15-39)28(43)20-40-12-10-38(2)11-13-40/h3-9H,10-17,19-21H2,1-2H3,(H,34,42)(H2,33,36,37). The van der Waals surface area contributed by atoms with Gasteiger partial charge in [0.15, 0.2) is 5.16 Å². The van der Waals surface area contributed by atoms with Crippen LogP contribution in [0.15, 0.2) is 47.6 Å². The van der Waals surface area contributed by atoms with Crippen molar-refractivity contribution in [3.8, 4) is 17.3 Å². The molecule has 2 saturated heterocycles. The van der Waals surface area contributed by atoms with Crippen LogP contribution in [0.25, 0.3) is 11.3 Å². The van der Waals surface area contributed by atoms with Crippen molar-refractivity contribution < 1.29 is 9.59 Å². The average Bonchev–Trinajstić information content (AvgIpc) is 3.01. The van der Waals surface area contributed by atoms with Gasteiger partial charge in [-0.2, -0.15) is 5.26 Å². The predicted octanol–water partition coefficient (Wildman–Crippen LogP) is 2.13. The van der Waals surface area contributed by atoms with Crippen molar-refractivity contribution in [1.29, 1.82) is 5.26 Å². The zero-order valence-corrected chi connectivity index (χ0v) is 26.0. The molecule has 0 atom stereocenters. The third kappa shape index (κ3) is 8.29. The molecule has 0 bridgehead atoms. The number of anilines is 2. The third-order valence-corrected chi connectivity index (χ3v) is 8.67. The van der Waals surface area contributed by atoms with E-state index in [1.165, 1.54) is 18.7 Å². The van der Waals surface area contributed by atoms with E-state index in [2.05, 4.69) is 43.1 Å². The molecule has 2 aromatic heterocycles. The lowest BCUT2D eigenvalue weighted by Gasteiger charge is -2.37. The molecule has 3 N–H and O–H groups in total. The van der Waals surface area contributed by atoms with E-state index in [-0.39, 0.29) is 23.2 Å². The number of rotatable bonds is 9. The first kappa shape index (κ1) is 31.3. The maximum atomic E-state index is 12.8. The van der Waals surface area contributed by atoms with Crippen LogP contribution in [0.5, 0.6) is 0 Å². The second kappa shape index (κ2) is 14.6. The molecule has 3 aromatic rings. The minimum atomic E-state index is -0.163. The Kier molecular flexibility index (Phi) is 10.4. The Morgan fingerprint density at radius 2 is 1.61 bits per heavy atom. The van der Waals surface area contributed by atoms with Gasteiger partial charge < -0.3 is 20.9 Å². The first-order valence-electron chi connectivity index (χ1n) is 14.7. The Bertz CT molecular complexity index is 1510. The molecule has 0 radical (unpaired) electrons. The summed E-state index contributed by atoms with van der Waals surface area (Å²) in [4.78, 5) is 46.9. The van der Waals surface area contributed by atoms with Gasteiger partial charge >= 0.3 is 0 Å². The van der Waals surface area contributed by atoms with E-state index < -0.39 is 0 Å². The lowest BCUT2D eigenvalue weighted by atomic mass is 10.1. The van der Waals surface area contributed by atoms with Gasteiger partial charge in [0.25, 0.3) is 0 Å². The molecule has 5 rings (SSSR count). The number of carbonyl (C=O) groups is 2. The predicted molar refractivity (Wildman–Crippen MR) is 170 cm³/mol. The number of nitrogens with two attached hydrogens (primary N) is 1. The van der Waals surface area contributed by atoms with Gasteiger partial charge in [-0.15, -0.1) is 0 Å². The fourth-order valence-corrected chi connectivity index (χ4v) is 6.03. The van der Waals surface area contributed by atoms with Crippen LogP contribution in [0.2, 0.25) is 0 Å². The molecule has 0 saturated carbocycles. The number of likely N-dealkylation sites (N-methyl/N-ethyl adjacent to an activating group) is 1. The highest BCUT2D eigenvalue weighted by Gasteiger charge is 2.24. The van der Waals surface area contributed by atoms with Crippen molar-refractivity contribution in [1.82, 2.24) is 34.6 Å². The number of amides is 2. The lowest BCUT2D eigenvalue weighted by Crippen LogP contribution is -2.53. The van der Waals surface area contributed by atoms with E-state index in [0.717, 1.165) is 70.3 Å². The smallest absolute Gasteiger partial charge is 0.236 e. The summed E-state index contributed by atoms with van der Waals surface area (Å²) in [6.07, 6.45) is 0. The summed E-state index contributed by atoms with van der Waals surface area (Å²) >= 11 is 1.40. The van der Waals surface area contributed by atoms with Crippen LogP contribution in [0, 0.1) is 11.3 Å². The van der Waals surface area contributed by atoms with E-state index in [0.29, 0.717) is 34.4 Å². The van der Waals surface area contributed by atoms with Crippen molar-refractivity contribution in [3.63, 3.8) is 0 Å². The first-order valence-corrected chi connectivity index (χ1v) is 15.7. The summed E-state index contributed by atoms with van der Waals surface area (Å²) in [7, 11) is 2.12. The number of benzene rings is 1. The zero-order chi connectivity index (χ0) is 31.1. The average molecular weight is 615 g/mol. The number of nitriles is 1. The second-order valence-corrected chi connectivity index (χ2v) is 12.1. The number of piperazine rings is 2. The molecule has 0 unspecified atom stereocenters. The summed E-state index contributed by atoms with van der Waals surface area (Å²) < 4.78 is 0. The van der Waals surface area contributed by atoms with Crippen LogP contribution >= 0.6 is 11.8 Å². The van der Waals surface area contributed by atoms with Gasteiger partial charge in [0.2, 0.25) is 11.8 Å². The quantitative estimate of drug-likeness (QED) is 0.270. The summed E-state index contributed by atoms with van der Waals surface area (Å²) in [5.74, 6) is 0.717. The fraction of sp³-hybridized carbons (Fsp3) is 0.419. The molecule has 230 valence electrons. The van der Waals surface area contributed by atoms with Gasteiger partial charge in [-0.25, -0.2) is 9.97 Å². The SMILES string of the molecule is CC(=O)Nc1ccc(-c2nc(SCc3cccc(CN4CCN(C(=O)CN5CCN(C)CC5)CC4)n3)nc(N)c2C#N)cc1. The van der Waals surface area contributed by atoms with E-state index in [1.54, 1.807) is 24.3 Å². The lowest BCUT2D eigenvalue weighted by molar-refractivity contribution is -0.134. The number of hydrogen-bond donors (Lipinski definition) is 2. The van der Waals surface area contributed by atoms with E-state index in [4.69, 9.17) is 10.7 Å². The fourth-order valence-electron chi connectivity index (χ4n) is 5.27. The molecule has 13 heteroatoms. The molecule has 0 aliphatic carbocycles. The van der Waals surface area contributed by atoms with Crippen LogP contribution in [0.4, 0.5) is 11.5 Å². The summed E-state index contributed by atoms with van der Waals surface area (Å²) in [5.41, 5.74) is 10.0. The monoisotopic (exact) mass is 614 g/mol. The maximum absolute atomic E-state index is 12.8. The maximum Gasteiger partial charge on any atom is 0.236 e. The molecular weight excluding hydrogens is 576 g/mol. The Morgan fingerprint density at radius 1 is 0.932 bits per heavy atom. The molecule has 12 nitrogen and oxygen atoms in total. The van der Waals surface area contributed by atoms with Crippen molar-refractivity contribution in [2.45, 2.75) is 24.4 Å². The summed E-state index contributed by atoms with van der Waals surface area (Å²) in [5, 5.41) is 12.9. The Hall–Kier alpha value is -4.09. The molecule has 0 spiro atoms. The van der Waals surface area contributed by atoms with Gasteiger partial charge in [0.05, 0.1) is 23.6 Å². The van der Waals surface area contributed by atoms with Gasteiger partial charge in [0, 0.05) is 82.8 Å². The number of nitrogens with zero attached hydrogens (tertiary/aromatic N) is 8. The molecule has 44 heavy (non-hydrogen) atoms. The zero-order valence-electron chi connectivity index (χ0n) is 25.2. The number of hydrogen-bond acceptors (Lipinski definition) is 11. The normalized spacial score (nSPS) is 16.4. The Balaban J connectivity index is 1.15. The number of aromatic nitrogens is 3. The number of nitrogens with one attached hydrogen (secondary N) is 1. The topological polar surface area (TPSA) is 148 Å². The van der Waals surface area contributed by atoms with Gasteiger partial charge in [-0.05, 0) is 31.3 Å². The highest BCUT2D eigenvalue weighted by atomic mass is 32.2. The molecule has 1 aromatic carbocycles. The molecule has 4 heterocycles. The van der Waals surface area contributed by atoms with Crippen LogP contribution in [-0.2, 0) is 21.9 Å². The Labute approximate surface area is 262 Å². The molecular formula is C31H38N10O2S. The van der Waals surface area contributed by atoms with Crippen LogP contribution < -0.4 is 11.1 Å². The Morgan fingerprint density at radius 3 is 2.30 bits per heavy atom. The van der Waals surface area contributed by atoms with Gasteiger partial charge in [-0.1, -0.05) is 30.0 Å². The van der Waals surface area contributed by atoms with Crippen molar-refractivity contribution in [2.24, 2.45) is 0 Å². The molecule has 2 fully saturated rings. The van der Waals surface area contributed by atoms with E-state index in [1.807, 2.05) is 23.1 Å². The van der Waals surface area contributed by atoms with E-state index >= 15 is 0 Å². The van der Waals surface area contributed by atoms with Gasteiger partial charge in [0.1, 0.15) is 17.5 Å². The van der Waals surface area contributed by atoms with E-state index in [9.17, 15) is 14.9 Å². The van der Waals surface area contributed by atoms with Crippen LogP contribution in [-0.4, -0.2) is 112 Å². The largest absolute Gasteiger partial charge is 0.382 e. The first-order chi connectivity index (χ1) is 21.3. The van der Waals surface area contributed by atoms with Crippen molar-refractivity contribution in [2.75, 3.05) is 77.0 Å². The second-order valence-electron chi connectivity index (χ2n) is 11.1. The minimum absolute atomic E-state index is 0.119. The third-order valence-electron chi connectivity index (χ3n) is 7.79. The highest BCUT2D eigenvalue weighted by molar-refractivity contribution is 7.98. The van der Waals surface area contributed by atoms with Crippen LogP contribution in [0.1, 0.15) is 23.9 Å². The molecule has 2 aliphatic rings. The minimum Gasteiger partial charge on any atom is -0.382 e. The number of nitrogen functional groups attached to an aromatic ring is 1. The highest BCUT2D eigenvalue weighted by Crippen LogP contribution is 2.29. The number of carbonyl (C=O) groups excluding carboxylic acids is 2.